The third-order valence-corrected chi connectivity index (χ3v) is 6.32. The Bertz CT molecular complexity index is 835. The van der Waals surface area contributed by atoms with Gasteiger partial charge in [-0.25, -0.2) is 13.4 Å². The Morgan fingerprint density at radius 3 is 2.46 bits per heavy atom. The van der Waals surface area contributed by atoms with Gasteiger partial charge in [-0.2, -0.15) is 0 Å². The molecule has 1 amide bonds. The first-order valence-electron chi connectivity index (χ1n) is 8.44. The molecule has 1 saturated carbocycles. The van der Waals surface area contributed by atoms with E-state index in [1.807, 2.05) is 0 Å². The van der Waals surface area contributed by atoms with Crippen LogP contribution >= 0.6 is 0 Å². The van der Waals surface area contributed by atoms with Gasteiger partial charge >= 0.3 is 0 Å². The number of rotatable bonds is 6. The maximum Gasteiger partial charge on any atom is 0.293 e. The molecule has 10 heteroatoms. The standard InChI is InChI=1S/C16H22N4O5S/c1-18(2)19(13-7-8-26(24,25)10-13)16(21)11-3-6-14(17-12-4-5-12)15(9-11)20(22)23/h3,6,9,12-13,17H,4-5,7-8,10H2,1-2H3. The van der Waals surface area contributed by atoms with E-state index in [2.05, 4.69) is 5.32 Å². The van der Waals surface area contributed by atoms with Gasteiger partial charge in [0.05, 0.1) is 22.5 Å². The van der Waals surface area contributed by atoms with E-state index in [4.69, 9.17) is 0 Å². The van der Waals surface area contributed by atoms with Crippen LogP contribution in [0, 0.1) is 10.1 Å². The number of nitrogens with zero attached hydrogens (tertiary/aromatic N) is 3. The minimum Gasteiger partial charge on any atom is -0.377 e. The molecule has 0 bridgehead atoms. The number of benzene rings is 1. The highest BCUT2D eigenvalue weighted by atomic mass is 32.2. The fourth-order valence-electron chi connectivity index (χ4n) is 3.16. The summed E-state index contributed by atoms with van der Waals surface area (Å²) in [5.41, 5.74) is 0.408. The maximum absolute atomic E-state index is 13.0. The van der Waals surface area contributed by atoms with Crippen molar-refractivity contribution in [3.63, 3.8) is 0 Å². The van der Waals surface area contributed by atoms with Crippen LogP contribution in [0.4, 0.5) is 11.4 Å². The average molecular weight is 382 g/mol. The summed E-state index contributed by atoms with van der Waals surface area (Å²) in [7, 11) is 0.143. The van der Waals surface area contributed by atoms with Gasteiger partial charge in [0.1, 0.15) is 5.69 Å². The van der Waals surface area contributed by atoms with Gasteiger partial charge in [-0.05, 0) is 31.4 Å². The molecule has 1 N–H and O–H groups in total. The second-order valence-corrected chi connectivity index (χ2v) is 9.19. The van der Waals surface area contributed by atoms with E-state index in [9.17, 15) is 23.3 Å². The topological polar surface area (TPSA) is 113 Å². The third kappa shape index (κ3) is 3.96. The fraction of sp³-hybridized carbons (Fsp3) is 0.562. The highest BCUT2D eigenvalue weighted by Gasteiger charge is 2.37. The smallest absolute Gasteiger partial charge is 0.293 e. The predicted molar refractivity (Wildman–Crippen MR) is 96.7 cm³/mol. The van der Waals surface area contributed by atoms with E-state index >= 15 is 0 Å². The number of carbonyl (C=O) groups is 1. The summed E-state index contributed by atoms with van der Waals surface area (Å²) in [6.07, 6.45) is 2.31. The van der Waals surface area contributed by atoms with Crippen molar-refractivity contribution in [1.82, 2.24) is 10.0 Å². The number of amides is 1. The first kappa shape index (κ1) is 18.6. The molecular weight excluding hydrogens is 360 g/mol. The van der Waals surface area contributed by atoms with Crippen LogP contribution in [0.25, 0.3) is 0 Å². The van der Waals surface area contributed by atoms with Crippen LogP contribution in [0.5, 0.6) is 0 Å². The lowest BCUT2D eigenvalue weighted by Gasteiger charge is -2.33. The van der Waals surface area contributed by atoms with Gasteiger partial charge in [0, 0.05) is 31.8 Å². The van der Waals surface area contributed by atoms with Gasteiger partial charge in [-0.15, -0.1) is 0 Å². The molecule has 1 aliphatic carbocycles. The molecule has 9 nitrogen and oxygen atoms in total. The zero-order chi connectivity index (χ0) is 19.1. The third-order valence-electron chi connectivity index (χ3n) is 4.57. The number of hydrazine groups is 1. The second kappa shape index (κ2) is 6.84. The number of sulfone groups is 1. The molecule has 2 fully saturated rings. The van der Waals surface area contributed by atoms with Crippen molar-refractivity contribution in [2.24, 2.45) is 0 Å². The zero-order valence-electron chi connectivity index (χ0n) is 14.7. The maximum atomic E-state index is 13.0. The van der Waals surface area contributed by atoms with E-state index in [1.54, 1.807) is 26.2 Å². The molecular formula is C16H22N4O5S. The minimum atomic E-state index is -3.16. The fourth-order valence-corrected chi connectivity index (χ4v) is 4.85. The van der Waals surface area contributed by atoms with Crippen LogP contribution in [0.15, 0.2) is 18.2 Å². The van der Waals surface area contributed by atoms with Crippen molar-refractivity contribution in [2.75, 3.05) is 30.9 Å². The zero-order valence-corrected chi connectivity index (χ0v) is 15.5. The van der Waals surface area contributed by atoms with Crippen LogP contribution in [-0.4, -0.2) is 67.0 Å². The summed E-state index contributed by atoms with van der Waals surface area (Å²) < 4.78 is 23.5. The Morgan fingerprint density at radius 2 is 1.96 bits per heavy atom. The highest BCUT2D eigenvalue weighted by Crippen LogP contribution is 2.32. The molecule has 1 unspecified atom stereocenters. The SMILES string of the molecule is CN(C)N(C(=O)c1ccc(NC2CC2)c([N+](=O)[O-])c1)C1CCS(=O)(=O)C1. The van der Waals surface area contributed by atoms with E-state index < -0.39 is 26.7 Å². The number of nitrogens with one attached hydrogen (secondary N) is 1. The molecule has 142 valence electrons. The van der Waals surface area contributed by atoms with Crippen molar-refractivity contribution >= 4 is 27.1 Å². The Morgan fingerprint density at radius 1 is 1.27 bits per heavy atom. The molecule has 1 atom stereocenters. The number of hydrogen-bond donors (Lipinski definition) is 1. The first-order valence-corrected chi connectivity index (χ1v) is 10.3. The lowest BCUT2D eigenvalue weighted by atomic mass is 10.1. The lowest BCUT2D eigenvalue weighted by molar-refractivity contribution is -0.384. The quantitative estimate of drug-likeness (QED) is 0.582. The van der Waals surface area contributed by atoms with Gasteiger partial charge in [-0.1, -0.05) is 0 Å². The van der Waals surface area contributed by atoms with E-state index in [0.29, 0.717) is 12.1 Å². The molecule has 1 aromatic carbocycles. The van der Waals surface area contributed by atoms with Crippen LogP contribution in [0.2, 0.25) is 0 Å². The van der Waals surface area contributed by atoms with Gasteiger partial charge in [-0.3, -0.25) is 19.9 Å². The lowest BCUT2D eigenvalue weighted by Crippen LogP contribution is -2.49. The van der Waals surface area contributed by atoms with Crippen molar-refractivity contribution in [1.29, 1.82) is 0 Å². The van der Waals surface area contributed by atoms with Crippen LogP contribution in [0.1, 0.15) is 29.6 Å². The summed E-state index contributed by atoms with van der Waals surface area (Å²) in [6.45, 7) is 0. The average Bonchev–Trinajstić information content (AvgIpc) is 3.29. The van der Waals surface area contributed by atoms with Crippen molar-refractivity contribution in [2.45, 2.75) is 31.3 Å². The summed E-state index contributed by atoms with van der Waals surface area (Å²) in [6, 6.07) is 4.12. The largest absolute Gasteiger partial charge is 0.377 e. The van der Waals surface area contributed by atoms with Gasteiger partial charge < -0.3 is 5.32 Å². The first-order chi connectivity index (χ1) is 12.2. The van der Waals surface area contributed by atoms with E-state index in [-0.39, 0.29) is 28.8 Å². The molecule has 1 saturated heterocycles. The van der Waals surface area contributed by atoms with Gasteiger partial charge in [0.15, 0.2) is 9.84 Å². The Hall–Kier alpha value is -2.20. The monoisotopic (exact) mass is 382 g/mol. The summed E-state index contributed by atoms with van der Waals surface area (Å²) in [4.78, 5) is 23.8. The molecule has 3 rings (SSSR count). The van der Waals surface area contributed by atoms with Gasteiger partial charge in [0.2, 0.25) is 0 Å². The molecule has 26 heavy (non-hydrogen) atoms. The number of carbonyl (C=O) groups excluding carboxylic acids is 1. The number of hydrogen-bond acceptors (Lipinski definition) is 7. The van der Waals surface area contributed by atoms with Crippen molar-refractivity contribution in [3.05, 3.63) is 33.9 Å². The van der Waals surface area contributed by atoms with Crippen molar-refractivity contribution in [3.8, 4) is 0 Å². The summed E-state index contributed by atoms with van der Waals surface area (Å²) in [5.74, 6) is -0.502. The molecule has 1 aliphatic heterocycles. The van der Waals surface area contributed by atoms with Crippen molar-refractivity contribution < 1.29 is 18.1 Å². The number of anilines is 1. The van der Waals surface area contributed by atoms with E-state index in [1.165, 1.54) is 16.1 Å². The molecule has 2 aliphatic rings. The Kier molecular flexibility index (Phi) is 4.89. The Balaban J connectivity index is 1.89. The highest BCUT2D eigenvalue weighted by molar-refractivity contribution is 7.91. The molecule has 0 radical (unpaired) electrons. The van der Waals surface area contributed by atoms with Crippen LogP contribution in [0.3, 0.4) is 0 Å². The van der Waals surface area contributed by atoms with Crippen LogP contribution in [-0.2, 0) is 9.84 Å². The summed E-state index contributed by atoms with van der Waals surface area (Å²) >= 11 is 0. The van der Waals surface area contributed by atoms with Gasteiger partial charge in [0.25, 0.3) is 11.6 Å². The molecule has 1 heterocycles. The number of nitro benzene ring substituents is 1. The second-order valence-electron chi connectivity index (χ2n) is 6.96. The predicted octanol–water partition coefficient (Wildman–Crippen LogP) is 1.28. The normalized spacial score (nSPS) is 21.6. The minimum absolute atomic E-state index is 0.0413. The Labute approximate surface area is 152 Å². The molecule has 0 spiro atoms. The van der Waals surface area contributed by atoms with Crippen LogP contribution < -0.4 is 5.32 Å². The number of nitro groups is 1. The molecule has 0 aromatic heterocycles. The van der Waals surface area contributed by atoms with E-state index in [0.717, 1.165) is 12.8 Å². The molecule has 1 aromatic rings. The summed E-state index contributed by atoms with van der Waals surface area (Å²) in [5, 5.41) is 17.4.